The summed E-state index contributed by atoms with van der Waals surface area (Å²) in [6.45, 7) is 0.858. The van der Waals surface area contributed by atoms with Crippen LogP contribution in [0.25, 0.3) is 0 Å². The topological polar surface area (TPSA) is 24.9 Å². The maximum Gasteiger partial charge on any atom is 0.0437 e. The van der Waals surface area contributed by atoms with Crippen LogP contribution in [0, 0.1) is 0 Å². The molecular weight excluding hydrogens is 256 g/mol. The summed E-state index contributed by atoms with van der Waals surface area (Å²) in [5, 5.41) is 4.50. The lowest BCUT2D eigenvalue weighted by Crippen LogP contribution is -2.47. The van der Waals surface area contributed by atoms with E-state index in [4.69, 9.17) is 11.6 Å². The smallest absolute Gasteiger partial charge is 0.0437 e. The Bertz CT molecular complexity index is 532. The van der Waals surface area contributed by atoms with Gasteiger partial charge in [0.15, 0.2) is 0 Å². The van der Waals surface area contributed by atoms with Crippen molar-refractivity contribution in [2.45, 2.75) is 31.3 Å². The van der Waals surface area contributed by atoms with Gasteiger partial charge in [-0.1, -0.05) is 29.8 Å². The van der Waals surface area contributed by atoms with Gasteiger partial charge in [-0.3, -0.25) is 4.98 Å². The van der Waals surface area contributed by atoms with Crippen molar-refractivity contribution in [3.63, 3.8) is 0 Å². The largest absolute Gasteiger partial charge is 0.303 e. The van der Waals surface area contributed by atoms with Crippen LogP contribution in [-0.4, -0.2) is 4.98 Å². The van der Waals surface area contributed by atoms with Crippen LogP contribution in [0.4, 0.5) is 0 Å². The number of rotatable bonds is 4. The normalized spacial score (nSPS) is 16.9. The number of benzene rings is 1. The van der Waals surface area contributed by atoms with E-state index in [2.05, 4.69) is 28.5 Å². The third-order valence-electron chi connectivity index (χ3n) is 3.96. The van der Waals surface area contributed by atoms with Crippen LogP contribution < -0.4 is 5.32 Å². The van der Waals surface area contributed by atoms with Crippen LogP contribution in [0.1, 0.15) is 30.4 Å². The molecule has 1 aliphatic carbocycles. The fourth-order valence-electron chi connectivity index (χ4n) is 2.64. The molecule has 3 rings (SSSR count). The van der Waals surface area contributed by atoms with E-state index in [1.165, 1.54) is 30.4 Å². The van der Waals surface area contributed by atoms with Gasteiger partial charge in [0, 0.05) is 29.5 Å². The van der Waals surface area contributed by atoms with Crippen LogP contribution in [0.15, 0.2) is 48.8 Å². The quantitative estimate of drug-likeness (QED) is 0.913. The van der Waals surface area contributed by atoms with E-state index in [1.807, 2.05) is 30.6 Å². The van der Waals surface area contributed by atoms with Gasteiger partial charge in [-0.2, -0.15) is 0 Å². The van der Waals surface area contributed by atoms with Gasteiger partial charge in [0.25, 0.3) is 0 Å². The SMILES string of the molecule is Clc1ccc(C2(NCc3cccnc3)CCC2)cc1. The van der Waals surface area contributed by atoms with Crippen molar-refractivity contribution in [2.24, 2.45) is 0 Å². The molecule has 0 unspecified atom stereocenters. The highest BCUT2D eigenvalue weighted by Gasteiger charge is 2.37. The summed E-state index contributed by atoms with van der Waals surface area (Å²) in [7, 11) is 0. The first-order chi connectivity index (χ1) is 9.28. The van der Waals surface area contributed by atoms with Crippen molar-refractivity contribution >= 4 is 11.6 Å². The van der Waals surface area contributed by atoms with E-state index >= 15 is 0 Å². The molecule has 2 nitrogen and oxygen atoms in total. The fourth-order valence-corrected chi connectivity index (χ4v) is 2.77. The maximum atomic E-state index is 5.97. The number of pyridine rings is 1. The fraction of sp³-hybridized carbons (Fsp3) is 0.312. The molecule has 3 heteroatoms. The minimum Gasteiger partial charge on any atom is -0.303 e. The van der Waals surface area contributed by atoms with E-state index in [0.717, 1.165) is 11.6 Å². The molecule has 0 spiro atoms. The molecular formula is C16H17ClN2. The zero-order valence-corrected chi connectivity index (χ0v) is 11.5. The van der Waals surface area contributed by atoms with Crippen molar-refractivity contribution in [2.75, 3.05) is 0 Å². The maximum absolute atomic E-state index is 5.97. The van der Waals surface area contributed by atoms with Gasteiger partial charge in [-0.25, -0.2) is 0 Å². The van der Waals surface area contributed by atoms with E-state index in [0.29, 0.717) is 0 Å². The van der Waals surface area contributed by atoms with Crippen LogP contribution in [0.2, 0.25) is 5.02 Å². The second-order valence-electron chi connectivity index (χ2n) is 5.16. The number of hydrogen-bond donors (Lipinski definition) is 1. The molecule has 1 aliphatic rings. The van der Waals surface area contributed by atoms with Crippen molar-refractivity contribution in [1.29, 1.82) is 0 Å². The third-order valence-corrected chi connectivity index (χ3v) is 4.21. The number of halogens is 1. The van der Waals surface area contributed by atoms with Crippen LogP contribution in [0.3, 0.4) is 0 Å². The van der Waals surface area contributed by atoms with E-state index in [9.17, 15) is 0 Å². The zero-order valence-electron chi connectivity index (χ0n) is 10.8. The first-order valence-corrected chi connectivity index (χ1v) is 7.06. The van der Waals surface area contributed by atoms with Crippen LogP contribution in [-0.2, 0) is 12.1 Å². The highest BCUT2D eigenvalue weighted by molar-refractivity contribution is 6.30. The second kappa shape index (κ2) is 5.32. The average Bonchev–Trinajstić information content (AvgIpc) is 2.41. The number of nitrogens with one attached hydrogen (secondary N) is 1. The molecule has 0 atom stereocenters. The average molecular weight is 273 g/mol. The van der Waals surface area contributed by atoms with Crippen molar-refractivity contribution in [3.05, 3.63) is 64.9 Å². The highest BCUT2D eigenvalue weighted by Crippen LogP contribution is 2.41. The molecule has 2 aromatic rings. The standard InChI is InChI=1S/C16H17ClN2/c17-15-6-4-14(5-7-15)16(8-2-9-16)19-12-13-3-1-10-18-11-13/h1,3-7,10-11,19H,2,8-9,12H2. The van der Waals surface area contributed by atoms with E-state index in [-0.39, 0.29) is 5.54 Å². The monoisotopic (exact) mass is 272 g/mol. The molecule has 0 radical (unpaired) electrons. The number of nitrogens with zero attached hydrogens (tertiary/aromatic N) is 1. The summed E-state index contributed by atoms with van der Waals surface area (Å²) in [6.07, 6.45) is 7.38. The number of hydrogen-bond acceptors (Lipinski definition) is 2. The Hall–Kier alpha value is -1.38. The molecule has 1 N–H and O–H groups in total. The molecule has 1 fully saturated rings. The lowest BCUT2D eigenvalue weighted by Gasteiger charge is -2.43. The summed E-state index contributed by atoms with van der Waals surface area (Å²) in [5.74, 6) is 0. The summed E-state index contributed by atoms with van der Waals surface area (Å²) in [6, 6.07) is 12.3. The molecule has 1 aromatic carbocycles. The highest BCUT2D eigenvalue weighted by atomic mass is 35.5. The molecule has 19 heavy (non-hydrogen) atoms. The Morgan fingerprint density at radius 3 is 2.53 bits per heavy atom. The molecule has 0 saturated heterocycles. The lowest BCUT2D eigenvalue weighted by molar-refractivity contribution is 0.183. The molecule has 1 aromatic heterocycles. The Morgan fingerprint density at radius 2 is 1.95 bits per heavy atom. The molecule has 0 bridgehead atoms. The Balaban J connectivity index is 1.74. The van der Waals surface area contributed by atoms with Crippen LogP contribution in [0.5, 0.6) is 0 Å². The lowest BCUT2D eigenvalue weighted by atomic mass is 9.71. The van der Waals surface area contributed by atoms with Gasteiger partial charge >= 0.3 is 0 Å². The molecule has 0 aliphatic heterocycles. The van der Waals surface area contributed by atoms with Gasteiger partial charge in [-0.05, 0) is 48.6 Å². The Labute approximate surface area is 118 Å². The first kappa shape index (κ1) is 12.6. The van der Waals surface area contributed by atoms with Crippen molar-refractivity contribution in [1.82, 2.24) is 10.3 Å². The minimum absolute atomic E-state index is 0.125. The zero-order chi connectivity index (χ0) is 13.1. The third kappa shape index (κ3) is 2.65. The molecule has 1 saturated carbocycles. The van der Waals surface area contributed by atoms with Crippen LogP contribution >= 0.6 is 11.6 Å². The predicted octanol–water partition coefficient (Wildman–Crippen LogP) is 3.90. The van der Waals surface area contributed by atoms with E-state index in [1.54, 1.807) is 0 Å². The van der Waals surface area contributed by atoms with Gasteiger partial charge in [0.05, 0.1) is 0 Å². The number of aromatic nitrogens is 1. The van der Waals surface area contributed by atoms with Crippen molar-refractivity contribution in [3.8, 4) is 0 Å². The van der Waals surface area contributed by atoms with Crippen molar-refractivity contribution < 1.29 is 0 Å². The predicted molar refractivity (Wildman–Crippen MR) is 78.1 cm³/mol. The summed E-state index contributed by atoms with van der Waals surface area (Å²) < 4.78 is 0. The van der Waals surface area contributed by atoms with Gasteiger partial charge in [0.1, 0.15) is 0 Å². The second-order valence-corrected chi connectivity index (χ2v) is 5.59. The molecule has 98 valence electrons. The van der Waals surface area contributed by atoms with Gasteiger partial charge < -0.3 is 5.32 Å². The summed E-state index contributed by atoms with van der Waals surface area (Å²) in [4.78, 5) is 4.16. The molecule has 1 heterocycles. The Kier molecular flexibility index (Phi) is 3.54. The first-order valence-electron chi connectivity index (χ1n) is 6.68. The molecule has 0 amide bonds. The minimum atomic E-state index is 0.125. The van der Waals surface area contributed by atoms with E-state index < -0.39 is 0 Å². The summed E-state index contributed by atoms with van der Waals surface area (Å²) in [5.41, 5.74) is 2.69. The Morgan fingerprint density at radius 1 is 1.16 bits per heavy atom. The van der Waals surface area contributed by atoms with Gasteiger partial charge in [-0.15, -0.1) is 0 Å². The van der Waals surface area contributed by atoms with Gasteiger partial charge in [0.2, 0.25) is 0 Å². The summed E-state index contributed by atoms with van der Waals surface area (Å²) >= 11 is 5.97.